The Morgan fingerprint density at radius 3 is 2.52 bits per heavy atom. The van der Waals surface area contributed by atoms with E-state index in [0.29, 0.717) is 38.7 Å². The van der Waals surface area contributed by atoms with Crippen molar-refractivity contribution >= 4 is 40.5 Å². The molecule has 7 heteroatoms. The maximum absolute atomic E-state index is 11.3. The van der Waals surface area contributed by atoms with Crippen LogP contribution in [0.5, 0.6) is 11.5 Å². The number of ether oxygens (including phenoxy) is 1. The van der Waals surface area contributed by atoms with E-state index in [1.165, 1.54) is 11.3 Å². The van der Waals surface area contributed by atoms with Crippen LogP contribution in [0, 0.1) is 0 Å². The Balaban J connectivity index is 1.85. The van der Waals surface area contributed by atoms with Crippen molar-refractivity contribution in [2.24, 2.45) is 0 Å². The summed E-state index contributed by atoms with van der Waals surface area (Å²) in [7, 11) is 0. The van der Waals surface area contributed by atoms with Gasteiger partial charge in [-0.3, -0.25) is 0 Å². The summed E-state index contributed by atoms with van der Waals surface area (Å²) in [6.07, 6.45) is 0.576. The number of thiazole rings is 1. The maximum Gasteiger partial charge on any atom is 0.347 e. The molecule has 3 rings (SSSR count). The zero-order chi connectivity index (χ0) is 18.0. The van der Waals surface area contributed by atoms with Gasteiger partial charge in [-0.25, -0.2) is 9.78 Å². The number of aromatic carboxylic acids is 1. The molecule has 0 aliphatic carbocycles. The fourth-order valence-corrected chi connectivity index (χ4v) is 3.55. The van der Waals surface area contributed by atoms with Crippen LogP contribution in [0.25, 0.3) is 10.6 Å². The van der Waals surface area contributed by atoms with Gasteiger partial charge in [-0.1, -0.05) is 30.1 Å². The lowest BCUT2D eigenvalue weighted by Crippen LogP contribution is -1.97. The summed E-state index contributed by atoms with van der Waals surface area (Å²) in [6.45, 7) is 1.89. The zero-order valence-electron chi connectivity index (χ0n) is 13.1. The molecule has 3 aromatic rings. The summed E-state index contributed by atoms with van der Waals surface area (Å²) in [6, 6.07) is 12.2. The number of aryl methyl sites for hydroxylation is 1. The van der Waals surface area contributed by atoms with Gasteiger partial charge < -0.3 is 9.84 Å². The first-order valence-corrected chi connectivity index (χ1v) is 9.01. The average Bonchev–Trinajstić information content (AvgIpc) is 3.03. The second-order valence-electron chi connectivity index (χ2n) is 5.15. The summed E-state index contributed by atoms with van der Waals surface area (Å²) in [5.41, 5.74) is 1.43. The van der Waals surface area contributed by atoms with Crippen LogP contribution in [0.1, 0.15) is 22.3 Å². The van der Waals surface area contributed by atoms with Crippen LogP contribution < -0.4 is 4.74 Å². The molecule has 1 heterocycles. The van der Waals surface area contributed by atoms with Gasteiger partial charge in [0.15, 0.2) is 0 Å². The minimum atomic E-state index is -0.948. The van der Waals surface area contributed by atoms with Crippen molar-refractivity contribution in [1.82, 2.24) is 4.98 Å². The first kappa shape index (κ1) is 17.7. The summed E-state index contributed by atoms with van der Waals surface area (Å²) in [5, 5.41) is 10.9. The summed E-state index contributed by atoms with van der Waals surface area (Å²) >= 11 is 13.2. The highest BCUT2D eigenvalue weighted by Crippen LogP contribution is 2.34. The normalized spacial score (nSPS) is 10.7. The largest absolute Gasteiger partial charge is 0.477 e. The molecular weight excluding hydrogens is 381 g/mol. The van der Waals surface area contributed by atoms with Crippen molar-refractivity contribution < 1.29 is 14.6 Å². The quantitative estimate of drug-likeness (QED) is 0.562. The minimum Gasteiger partial charge on any atom is -0.477 e. The molecule has 0 aliphatic heterocycles. The SMILES string of the molecule is CCc1nc(-c2ccc(Oc3cc(Cl)ccc3Cl)cc2)sc1C(=O)O. The number of aromatic nitrogens is 1. The molecule has 2 aromatic carbocycles. The molecule has 1 aromatic heterocycles. The molecule has 0 aliphatic rings. The number of nitrogens with zero attached hydrogens (tertiary/aromatic N) is 1. The maximum atomic E-state index is 11.3. The molecule has 0 saturated heterocycles. The van der Waals surface area contributed by atoms with Gasteiger partial charge in [0.25, 0.3) is 0 Å². The number of rotatable bonds is 5. The molecule has 0 amide bonds. The van der Waals surface area contributed by atoms with Crippen LogP contribution in [0.4, 0.5) is 0 Å². The van der Waals surface area contributed by atoms with E-state index in [1.54, 1.807) is 30.3 Å². The molecule has 25 heavy (non-hydrogen) atoms. The Morgan fingerprint density at radius 2 is 1.92 bits per heavy atom. The lowest BCUT2D eigenvalue weighted by atomic mass is 10.2. The number of benzene rings is 2. The van der Waals surface area contributed by atoms with Gasteiger partial charge in [0.1, 0.15) is 21.4 Å². The standard InChI is InChI=1S/C18H13Cl2NO3S/c1-2-14-16(18(22)23)25-17(21-14)10-3-6-12(7-4-10)24-15-9-11(19)5-8-13(15)20/h3-9H,2H2,1H3,(H,22,23). The second-order valence-corrected chi connectivity index (χ2v) is 7.00. The fourth-order valence-electron chi connectivity index (χ4n) is 2.23. The molecule has 4 nitrogen and oxygen atoms in total. The third-order valence-electron chi connectivity index (χ3n) is 3.45. The van der Waals surface area contributed by atoms with E-state index in [1.807, 2.05) is 19.1 Å². The number of hydrogen-bond donors (Lipinski definition) is 1. The zero-order valence-corrected chi connectivity index (χ0v) is 15.5. The van der Waals surface area contributed by atoms with E-state index in [0.717, 1.165) is 5.56 Å². The Labute approximate surface area is 158 Å². The number of halogens is 2. The highest BCUT2D eigenvalue weighted by atomic mass is 35.5. The van der Waals surface area contributed by atoms with Gasteiger partial charge >= 0.3 is 5.97 Å². The first-order valence-electron chi connectivity index (χ1n) is 7.44. The van der Waals surface area contributed by atoms with E-state index in [-0.39, 0.29) is 4.88 Å². The number of carboxylic acids is 1. The minimum absolute atomic E-state index is 0.281. The summed E-state index contributed by atoms with van der Waals surface area (Å²) < 4.78 is 5.74. The molecule has 0 bridgehead atoms. The molecule has 128 valence electrons. The van der Waals surface area contributed by atoms with E-state index < -0.39 is 5.97 Å². The van der Waals surface area contributed by atoms with Crippen molar-refractivity contribution in [1.29, 1.82) is 0 Å². The van der Waals surface area contributed by atoms with Crippen LogP contribution in [-0.4, -0.2) is 16.1 Å². The van der Waals surface area contributed by atoms with Gasteiger partial charge in [-0.2, -0.15) is 0 Å². The smallest absolute Gasteiger partial charge is 0.347 e. The van der Waals surface area contributed by atoms with E-state index in [4.69, 9.17) is 27.9 Å². The van der Waals surface area contributed by atoms with E-state index in [9.17, 15) is 9.90 Å². The molecule has 0 spiro atoms. The molecule has 0 saturated carbocycles. The number of carboxylic acid groups (broad SMARTS) is 1. The monoisotopic (exact) mass is 393 g/mol. The van der Waals surface area contributed by atoms with E-state index in [2.05, 4.69) is 4.98 Å². The Hall–Kier alpha value is -2.08. The third kappa shape index (κ3) is 3.95. The van der Waals surface area contributed by atoms with Crippen molar-refractivity contribution in [2.45, 2.75) is 13.3 Å². The highest BCUT2D eigenvalue weighted by molar-refractivity contribution is 7.17. The van der Waals surface area contributed by atoms with Crippen molar-refractivity contribution in [3.05, 3.63) is 63.1 Å². The molecule has 0 radical (unpaired) electrons. The van der Waals surface area contributed by atoms with Crippen molar-refractivity contribution in [3.8, 4) is 22.1 Å². The number of carbonyl (C=O) groups is 1. The lowest BCUT2D eigenvalue weighted by molar-refractivity contribution is 0.0701. The van der Waals surface area contributed by atoms with Crippen LogP contribution in [-0.2, 0) is 6.42 Å². The lowest BCUT2D eigenvalue weighted by Gasteiger charge is -2.08. The summed E-state index contributed by atoms with van der Waals surface area (Å²) in [4.78, 5) is 16.0. The molecule has 0 unspecified atom stereocenters. The average molecular weight is 394 g/mol. The van der Waals surface area contributed by atoms with Crippen LogP contribution in [0.15, 0.2) is 42.5 Å². The van der Waals surface area contributed by atoms with Crippen LogP contribution >= 0.6 is 34.5 Å². The second kappa shape index (κ2) is 7.44. The van der Waals surface area contributed by atoms with Crippen molar-refractivity contribution in [2.75, 3.05) is 0 Å². The van der Waals surface area contributed by atoms with Crippen LogP contribution in [0.3, 0.4) is 0 Å². The molecule has 0 atom stereocenters. The number of hydrogen-bond acceptors (Lipinski definition) is 4. The first-order chi connectivity index (χ1) is 12.0. The van der Waals surface area contributed by atoms with Gasteiger partial charge in [0, 0.05) is 16.7 Å². The molecule has 0 fully saturated rings. The Kier molecular flexibility index (Phi) is 5.27. The predicted molar refractivity (Wildman–Crippen MR) is 100 cm³/mol. The van der Waals surface area contributed by atoms with Gasteiger partial charge in [-0.15, -0.1) is 11.3 Å². The van der Waals surface area contributed by atoms with E-state index >= 15 is 0 Å². The van der Waals surface area contributed by atoms with Gasteiger partial charge in [0.2, 0.25) is 0 Å². The molecule has 1 N–H and O–H groups in total. The predicted octanol–water partition coefficient (Wildman–Crippen LogP) is 6.17. The molecular formula is C18H13Cl2NO3S. The Morgan fingerprint density at radius 1 is 1.20 bits per heavy atom. The van der Waals surface area contributed by atoms with Gasteiger partial charge in [0.05, 0.1) is 10.7 Å². The van der Waals surface area contributed by atoms with Gasteiger partial charge in [-0.05, 0) is 42.8 Å². The van der Waals surface area contributed by atoms with Crippen LogP contribution in [0.2, 0.25) is 10.0 Å². The third-order valence-corrected chi connectivity index (χ3v) is 5.13. The van der Waals surface area contributed by atoms with Crippen molar-refractivity contribution in [3.63, 3.8) is 0 Å². The fraction of sp³-hybridized carbons (Fsp3) is 0.111. The summed E-state index contributed by atoms with van der Waals surface area (Å²) in [5.74, 6) is 0.118. The Bertz CT molecular complexity index is 923. The highest BCUT2D eigenvalue weighted by Gasteiger charge is 2.17. The topological polar surface area (TPSA) is 59.4 Å².